The lowest BCUT2D eigenvalue weighted by atomic mass is 10.2. The maximum atomic E-state index is 11.4. The van der Waals surface area contributed by atoms with E-state index >= 15 is 0 Å². The molecule has 1 aromatic carbocycles. The number of hydrogen-bond acceptors (Lipinski definition) is 4. The first kappa shape index (κ1) is 15.5. The lowest BCUT2D eigenvalue weighted by Crippen LogP contribution is -2.15. The number of amides is 1. The predicted octanol–water partition coefficient (Wildman–Crippen LogP) is 1.63. The summed E-state index contributed by atoms with van der Waals surface area (Å²) < 4.78 is 24.4. The number of nitrogens with one attached hydrogen (secondary N) is 2. The smallest absolute Gasteiger partial charge is 0.231 e. The fourth-order valence-electron chi connectivity index (χ4n) is 1.32. The van der Waals surface area contributed by atoms with Crippen molar-refractivity contribution in [3.05, 3.63) is 23.2 Å². The number of ketones is 1. The summed E-state index contributed by atoms with van der Waals surface area (Å²) in [6, 6.07) is 4.28. The molecule has 0 aliphatic rings. The van der Waals surface area contributed by atoms with Gasteiger partial charge in [-0.25, -0.2) is 8.42 Å². The summed E-state index contributed by atoms with van der Waals surface area (Å²) in [5.74, 6) is -0.787. The molecule has 0 fully saturated rings. The van der Waals surface area contributed by atoms with Gasteiger partial charge in [0.25, 0.3) is 0 Å². The van der Waals surface area contributed by atoms with Gasteiger partial charge in [0.2, 0.25) is 15.9 Å². The number of sulfonamides is 1. The normalized spacial score (nSPS) is 10.9. The van der Waals surface area contributed by atoms with Crippen LogP contribution in [0.1, 0.15) is 13.3 Å². The molecule has 104 valence electrons. The van der Waals surface area contributed by atoms with Crippen molar-refractivity contribution in [2.75, 3.05) is 16.3 Å². The molecule has 0 spiro atoms. The molecule has 0 bridgehead atoms. The van der Waals surface area contributed by atoms with Crippen molar-refractivity contribution in [2.45, 2.75) is 13.3 Å². The molecule has 0 aliphatic heterocycles. The van der Waals surface area contributed by atoms with Crippen LogP contribution in [-0.4, -0.2) is 26.4 Å². The summed E-state index contributed by atoms with van der Waals surface area (Å²) in [6.07, 6.45) is 0.746. The fraction of sp³-hybridized carbons (Fsp3) is 0.273. The van der Waals surface area contributed by atoms with E-state index in [1.807, 2.05) is 0 Å². The van der Waals surface area contributed by atoms with E-state index in [9.17, 15) is 18.0 Å². The molecule has 1 rings (SSSR count). The van der Waals surface area contributed by atoms with Crippen LogP contribution >= 0.6 is 11.6 Å². The van der Waals surface area contributed by atoms with Crippen LogP contribution < -0.4 is 10.0 Å². The predicted molar refractivity (Wildman–Crippen MR) is 73.8 cm³/mol. The van der Waals surface area contributed by atoms with Gasteiger partial charge in [-0.1, -0.05) is 11.6 Å². The second kappa shape index (κ2) is 6.03. The zero-order chi connectivity index (χ0) is 14.6. The maximum absolute atomic E-state index is 11.4. The molecule has 0 aromatic heterocycles. The lowest BCUT2D eigenvalue weighted by molar-refractivity contribution is -0.124. The highest BCUT2D eigenvalue weighted by molar-refractivity contribution is 7.92. The number of benzene rings is 1. The number of Topliss-reactive ketones (excluding diaryl/α,β-unsaturated/α-hetero) is 1. The first-order valence-corrected chi connectivity index (χ1v) is 7.51. The molecule has 0 heterocycles. The minimum atomic E-state index is -3.41. The largest absolute Gasteiger partial charge is 0.324 e. The van der Waals surface area contributed by atoms with Gasteiger partial charge >= 0.3 is 0 Å². The van der Waals surface area contributed by atoms with E-state index in [1.54, 1.807) is 0 Å². The molecular formula is C11H13ClN2O4S. The zero-order valence-corrected chi connectivity index (χ0v) is 11.9. The quantitative estimate of drug-likeness (QED) is 0.809. The van der Waals surface area contributed by atoms with E-state index in [2.05, 4.69) is 10.0 Å². The molecule has 0 radical (unpaired) electrons. The van der Waals surface area contributed by atoms with E-state index in [1.165, 1.54) is 25.1 Å². The number of carbonyl (C=O) groups is 2. The Morgan fingerprint density at radius 3 is 2.47 bits per heavy atom. The molecular weight excluding hydrogens is 292 g/mol. The molecule has 0 saturated carbocycles. The summed E-state index contributed by atoms with van der Waals surface area (Å²) in [5, 5.41) is 2.69. The number of rotatable bonds is 5. The van der Waals surface area contributed by atoms with Crippen LogP contribution in [0.3, 0.4) is 0 Å². The fourth-order valence-corrected chi connectivity index (χ4v) is 2.04. The minimum absolute atomic E-state index is 0.238. The van der Waals surface area contributed by atoms with Crippen LogP contribution in [0.15, 0.2) is 18.2 Å². The Labute approximate surface area is 116 Å². The average Bonchev–Trinajstić information content (AvgIpc) is 2.19. The van der Waals surface area contributed by atoms with Crippen LogP contribution in [0.4, 0.5) is 11.4 Å². The molecule has 8 heteroatoms. The van der Waals surface area contributed by atoms with Gasteiger partial charge < -0.3 is 5.32 Å². The third-order valence-corrected chi connectivity index (χ3v) is 2.89. The summed E-state index contributed by atoms with van der Waals surface area (Å²) in [7, 11) is -3.41. The Kier molecular flexibility index (Phi) is 4.90. The lowest BCUT2D eigenvalue weighted by Gasteiger charge is -2.09. The molecule has 19 heavy (non-hydrogen) atoms. The van der Waals surface area contributed by atoms with Crippen molar-refractivity contribution >= 4 is 44.7 Å². The number of anilines is 2. The standard InChI is InChI=1S/C11H13ClN2O4S/c1-7(15)5-11(16)13-10-6-8(3-4-9(10)12)14-19(2,17)18/h3-4,6,14H,5H2,1-2H3,(H,13,16). The zero-order valence-electron chi connectivity index (χ0n) is 10.4. The molecule has 0 aliphatic carbocycles. The Hall–Kier alpha value is -1.60. The Morgan fingerprint density at radius 1 is 1.32 bits per heavy atom. The first-order chi connectivity index (χ1) is 8.67. The number of halogens is 1. The molecule has 1 aromatic rings. The first-order valence-electron chi connectivity index (χ1n) is 5.24. The van der Waals surface area contributed by atoms with Crippen molar-refractivity contribution in [3.8, 4) is 0 Å². The van der Waals surface area contributed by atoms with Gasteiger partial charge in [0.05, 0.1) is 29.1 Å². The summed E-state index contributed by atoms with van der Waals surface area (Å²) in [5.41, 5.74) is 0.506. The SMILES string of the molecule is CC(=O)CC(=O)Nc1cc(NS(C)(=O)=O)ccc1Cl. The number of hydrogen-bond donors (Lipinski definition) is 2. The minimum Gasteiger partial charge on any atom is -0.324 e. The van der Waals surface area contributed by atoms with Gasteiger partial charge in [-0.3, -0.25) is 14.3 Å². The van der Waals surface area contributed by atoms with Crippen LogP contribution in [0.25, 0.3) is 0 Å². The van der Waals surface area contributed by atoms with E-state index in [-0.39, 0.29) is 28.6 Å². The van der Waals surface area contributed by atoms with Gasteiger partial charge in [0.1, 0.15) is 5.78 Å². The van der Waals surface area contributed by atoms with Crippen LogP contribution in [-0.2, 0) is 19.6 Å². The molecule has 0 atom stereocenters. The second-order valence-corrected chi connectivity index (χ2v) is 6.15. The molecule has 1 amide bonds. The highest BCUT2D eigenvalue weighted by atomic mass is 35.5. The van der Waals surface area contributed by atoms with Crippen LogP contribution in [0.5, 0.6) is 0 Å². The van der Waals surface area contributed by atoms with Crippen molar-refractivity contribution in [3.63, 3.8) is 0 Å². The molecule has 2 N–H and O–H groups in total. The maximum Gasteiger partial charge on any atom is 0.231 e. The topological polar surface area (TPSA) is 92.3 Å². The second-order valence-electron chi connectivity index (χ2n) is 4.00. The Morgan fingerprint density at radius 2 is 1.95 bits per heavy atom. The summed E-state index contributed by atoms with van der Waals surface area (Å²) in [4.78, 5) is 22.2. The van der Waals surface area contributed by atoms with E-state index in [0.29, 0.717) is 0 Å². The van der Waals surface area contributed by atoms with E-state index in [4.69, 9.17) is 11.6 Å². The third-order valence-electron chi connectivity index (χ3n) is 1.95. The van der Waals surface area contributed by atoms with Gasteiger partial charge in [0.15, 0.2) is 0 Å². The van der Waals surface area contributed by atoms with Crippen molar-refractivity contribution in [1.82, 2.24) is 0 Å². The van der Waals surface area contributed by atoms with E-state index < -0.39 is 15.9 Å². The Bertz CT molecular complexity index is 613. The molecule has 0 unspecified atom stereocenters. The average molecular weight is 305 g/mol. The highest BCUT2D eigenvalue weighted by Gasteiger charge is 2.10. The van der Waals surface area contributed by atoms with E-state index in [0.717, 1.165) is 6.26 Å². The number of carbonyl (C=O) groups excluding carboxylic acids is 2. The Balaban J connectivity index is 2.91. The van der Waals surface area contributed by atoms with Crippen LogP contribution in [0, 0.1) is 0 Å². The summed E-state index contributed by atoms with van der Waals surface area (Å²) >= 11 is 5.87. The van der Waals surface area contributed by atoms with Crippen LogP contribution in [0.2, 0.25) is 5.02 Å². The van der Waals surface area contributed by atoms with Crippen molar-refractivity contribution < 1.29 is 18.0 Å². The molecule has 6 nitrogen and oxygen atoms in total. The summed E-state index contributed by atoms with van der Waals surface area (Å²) in [6.45, 7) is 1.29. The van der Waals surface area contributed by atoms with Gasteiger partial charge in [0, 0.05) is 0 Å². The third kappa shape index (κ3) is 5.71. The van der Waals surface area contributed by atoms with Crippen molar-refractivity contribution in [2.24, 2.45) is 0 Å². The van der Waals surface area contributed by atoms with Gasteiger partial charge in [-0.15, -0.1) is 0 Å². The van der Waals surface area contributed by atoms with Crippen molar-refractivity contribution in [1.29, 1.82) is 0 Å². The van der Waals surface area contributed by atoms with Gasteiger partial charge in [-0.05, 0) is 25.1 Å². The van der Waals surface area contributed by atoms with Gasteiger partial charge in [-0.2, -0.15) is 0 Å². The highest BCUT2D eigenvalue weighted by Crippen LogP contribution is 2.26. The monoisotopic (exact) mass is 304 g/mol. The molecule has 0 saturated heterocycles.